The second-order valence-electron chi connectivity index (χ2n) is 10.7. The lowest BCUT2D eigenvalue weighted by Crippen LogP contribution is -2.35. The first kappa shape index (κ1) is 30.5. The van der Waals surface area contributed by atoms with Crippen molar-refractivity contribution in [1.82, 2.24) is 15.1 Å². The molecule has 2 aliphatic rings. The van der Waals surface area contributed by atoms with Crippen LogP contribution >= 0.6 is 22.7 Å². The number of alkyl halides is 3. The van der Waals surface area contributed by atoms with Crippen molar-refractivity contribution < 1.29 is 31.9 Å². The van der Waals surface area contributed by atoms with Crippen LogP contribution in [-0.2, 0) is 37.1 Å². The number of nitrogens with one attached hydrogen (secondary N) is 2. The maximum atomic E-state index is 13.7. The zero-order valence-corrected chi connectivity index (χ0v) is 25.0. The maximum absolute atomic E-state index is 13.7. The van der Waals surface area contributed by atoms with Crippen LogP contribution in [0, 0.1) is 5.82 Å². The monoisotopic (exact) mass is 624 g/mol. The number of carbonyl (C=O) groups excluding carboxylic acids is 2. The van der Waals surface area contributed by atoms with Crippen LogP contribution in [0.1, 0.15) is 49.6 Å². The lowest BCUT2D eigenvalue weighted by Gasteiger charge is -2.28. The molecule has 3 aromatic rings. The summed E-state index contributed by atoms with van der Waals surface area (Å²) in [4.78, 5) is 33.0. The lowest BCUT2D eigenvalue weighted by atomic mass is 9.95. The van der Waals surface area contributed by atoms with Crippen molar-refractivity contribution >= 4 is 39.7 Å². The molecule has 1 aliphatic carbocycles. The summed E-state index contributed by atoms with van der Waals surface area (Å²) in [6.45, 7) is 3.67. The van der Waals surface area contributed by atoms with E-state index in [0.29, 0.717) is 18.4 Å². The minimum absolute atomic E-state index is 0.0521. The number of fused-ring (bicyclic) bond motifs is 2. The van der Waals surface area contributed by atoms with Gasteiger partial charge in [0.15, 0.2) is 0 Å². The average molecular weight is 625 g/mol. The highest BCUT2D eigenvalue weighted by Crippen LogP contribution is 2.41. The Labute approximate surface area is 249 Å². The summed E-state index contributed by atoms with van der Waals surface area (Å²) in [5.41, 5.74) is 3.23. The summed E-state index contributed by atoms with van der Waals surface area (Å²) in [5.74, 6) is -1.85. The second-order valence-corrected chi connectivity index (χ2v) is 12.9. The van der Waals surface area contributed by atoms with Crippen LogP contribution in [0.4, 0.5) is 27.4 Å². The minimum Gasteiger partial charge on any atom is -0.369 e. The number of ether oxygens (including phenoxy) is 1. The molecule has 0 saturated carbocycles. The van der Waals surface area contributed by atoms with Gasteiger partial charge < -0.3 is 15.0 Å². The summed E-state index contributed by atoms with van der Waals surface area (Å²) in [7, 11) is 4.07. The summed E-state index contributed by atoms with van der Waals surface area (Å²) in [6, 6.07) is 5.61. The molecule has 5 rings (SSSR count). The predicted octanol–water partition coefficient (Wildman–Crippen LogP) is 6.41. The van der Waals surface area contributed by atoms with Gasteiger partial charge in [0.05, 0.1) is 5.56 Å². The molecule has 42 heavy (non-hydrogen) atoms. The van der Waals surface area contributed by atoms with E-state index in [1.54, 1.807) is 23.5 Å². The van der Waals surface area contributed by atoms with Gasteiger partial charge in [-0.25, -0.2) is 14.0 Å². The van der Waals surface area contributed by atoms with Crippen molar-refractivity contribution in [3.05, 3.63) is 62.1 Å². The molecule has 1 aromatic carbocycles. The molecular formula is C29H32F4N4O3S2. The van der Waals surface area contributed by atoms with Gasteiger partial charge in [-0.1, -0.05) is 12.1 Å². The van der Waals surface area contributed by atoms with E-state index in [2.05, 4.69) is 25.2 Å². The summed E-state index contributed by atoms with van der Waals surface area (Å²) in [6.07, 6.45) is -1.66. The van der Waals surface area contributed by atoms with Crippen LogP contribution < -0.4 is 10.6 Å². The van der Waals surface area contributed by atoms with Crippen LogP contribution in [0.5, 0.6) is 0 Å². The predicted molar refractivity (Wildman–Crippen MR) is 156 cm³/mol. The Morgan fingerprint density at radius 1 is 1.02 bits per heavy atom. The van der Waals surface area contributed by atoms with Gasteiger partial charge in [-0.15, -0.1) is 35.8 Å². The number of likely N-dealkylation sites (N-methyl/N-ethyl adjacent to an activating group) is 1. The van der Waals surface area contributed by atoms with Gasteiger partial charge in [-0.05, 0) is 80.6 Å². The fraction of sp³-hybridized carbons (Fsp3) is 0.448. The van der Waals surface area contributed by atoms with Gasteiger partial charge in [0.2, 0.25) is 0 Å². The molecule has 0 spiro atoms. The standard InChI is InChI=1S/C29H32F4N4O3S2/c1-36(2)13-14-37-12-11-19-21(25(41-23(19)16-37)17-7-9-18(30)10-8-17)15-34-28(39)35-26-24(27(38)40-29(31,32)33)20-5-3-4-6-22(20)42-26/h7-10H,3-6,11-16H2,1-2H3,(H2,34,35,39). The van der Waals surface area contributed by atoms with Crippen LogP contribution in [0.3, 0.4) is 0 Å². The largest absolute Gasteiger partial charge is 0.575 e. The highest BCUT2D eigenvalue weighted by atomic mass is 32.1. The molecule has 226 valence electrons. The first-order valence-corrected chi connectivity index (χ1v) is 15.4. The van der Waals surface area contributed by atoms with Crippen LogP contribution in [0.15, 0.2) is 24.3 Å². The number of amides is 2. The Balaban J connectivity index is 1.36. The molecule has 2 aromatic heterocycles. The number of rotatable bonds is 8. The molecule has 0 saturated heterocycles. The first-order valence-electron chi connectivity index (χ1n) is 13.7. The minimum atomic E-state index is -5.13. The van der Waals surface area contributed by atoms with E-state index in [0.717, 1.165) is 83.2 Å². The van der Waals surface area contributed by atoms with Crippen LogP contribution in [-0.4, -0.2) is 61.9 Å². The molecule has 0 atom stereocenters. The average Bonchev–Trinajstić information content (AvgIpc) is 3.47. The van der Waals surface area contributed by atoms with E-state index in [1.807, 2.05) is 14.1 Å². The SMILES string of the molecule is CN(C)CCN1CCc2c(sc(-c3ccc(F)cc3)c2CNC(=O)Nc2sc3c(c2C(=O)OC(F)(F)F)CCCC3)C1. The number of aryl methyl sites for hydroxylation is 1. The molecule has 2 amide bonds. The quantitative estimate of drug-likeness (QED) is 0.224. The summed E-state index contributed by atoms with van der Waals surface area (Å²) in [5, 5.41) is 5.52. The number of urea groups is 1. The van der Waals surface area contributed by atoms with E-state index in [4.69, 9.17) is 0 Å². The van der Waals surface area contributed by atoms with Crippen molar-refractivity contribution in [3.8, 4) is 10.4 Å². The lowest BCUT2D eigenvalue weighted by molar-refractivity contribution is -0.291. The summed E-state index contributed by atoms with van der Waals surface area (Å²) >= 11 is 2.75. The number of benzene rings is 1. The molecule has 0 bridgehead atoms. The highest BCUT2D eigenvalue weighted by molar-refractivity contribution is 7.17. The molecule has 7 nitrogen and oxygen atoms in total. The number of nitrogens with zero attached hydrogens (tertiary/aromatic N) is 2. The van der Waals surface area contributed by atoms with Gasteiger partial charge in [0.25, 0.3) is 0 Å². The smallest absolute Gasteiger partial charge is 0.369 e. The molecule has 2 N–H and O–H groups in total. The third-order valence-electron chi connectivity index (χ3n) is 7.45. The molecular weight excluding hydrogens is 592 g/mol. The number of hydrogen-bond acceptors (Lipinski definition) is 7. The fourth-order valence-corrected chi connectivity index (χ4v) is 8.10. The molecule has 1 aliphatic heterocycles. The highest BCUT2D eigenvalue weighted by Gasteiger charge is 2.38. The Bertz CT molecular complexity index is 1450. The van der Waals surface area contributed by atoms with Gasteiger partial charge in [0, 0.05) is 47.4 Å². The Hall–Kier alpha value is -3.00. The van der Waals surface area contributed by atoms with Crippen LogP contribution in [0.25, 0.3) is 10.4 Å². The van der Waals surface area contributed by atoms with E-state index in [-0.39, 0.29) is 22.9 Å². The first-order chi connectivity index (χ1) is 20.0. The molecule has 13 heteroatoms. The second kappa shape index (κ2) is 12.7. The van der Waals surface area contributed by atoms with Crippen molar-refractivity contribution in [1.29, 1.82) is 0 Å². The number of anilines is 1. The normalized spacial score (nSPS) is 15.3. The zero-order valence-electron chi connectivity index (χ0n) is 23.3. The van der Waals surface area contributed by atoms with Crippen molar-refractivity contribution in [2.75, 3.05) is 39.0 Å². The van der Waals surface area contributed by atoms with E-state index in [1.165, 1.54) is 17.0 Å². The topological polar surface area (TPSA) is 73.9 Å². The molecule has 0 radical (unpaired) electrons. The van der Waals surface area contributed by atoms with Crippen molar-refractivity contribution in [3.63, 3.8) is 0 Å². The maximum Gasteiger partial charge on any atom is 0.575 e. The van der Waals surface area contributed by atoms with E-state index in [9.17, 15) is 27.2 Å². The van der Waals surface area contributed by atoms with Gasteiger partial charge in [-0.3, -0.25) is 10.2 Å². The van der Waals surface area contributed by atoms with Gasteiger partial charge >= 0.3 is 18.4 Å². The number of thiophene rings is 2. The van der Waals surface area contributed by atoms with E-state index < -0.39 is 18.4 Å². The molecule has 3 heterocycles. The fourth-order valence-electron chi connectivity index (χ4n) is 5.42. The van der Waals surface area contributed by atoms with Crippen molar-refractivity contribution in [2.24, 2.45) is 0 Å². The number of halogens is 4. The Morgan fingerprint density at radius 2 is 1.76 bits per heavy atom. The number of carbonyl (C=O) groups is 2. The zero-order chi connectivity index (χ0) is 30.0. The number of hydrogen-bond donors (Lipinski definition) is 2. The third kappa shape index (κ3) is 7.13. The van der Waals surface area contributed by atoms with Crippen LogP contribution in [0.2, 0.25) is 0 Å². The van der Waals surface area contributed by atoms with Crippen molar-refractivity contribution in [2.45, 2.75) is 51.6 Å². The number of esters is 1. The molecule has 0 fully saturated rings. The third-order valence-corrected chi connectivity index (χ3v) is 9.97. The molecule has 0 unspecified atom stereocenters. The Morgan fingerprint density at radius 3 is 2.48 bits per heavy atom. The van der Waals surface area contributed by atoms with Gasteiger partial charge in [-0.2, -0.15) is 0 Å². The summed E-state index contributed by atoms with van der Waals surface area (Å²) < 4.78 is 56.1. The Kier molecular flexibility index (Phi) is 9.21. The van der Waals surface area contributed by atoms with Gasteiger partial charge in [0.1, 0.15) is 10.8 Å². The van der Waals surface area contributed by atoms with E-state index >= 15 is 0 Å².